The third kappa shape index (κ3) is 13.1. The van der Waals surface area contributed by atoms with Crippen LogP contribution < -0.4 is 15.5 Å². The summed E-state index contributed by atoms with van der Waals surface area (Å²) < 4.78 is 39.1. The van der Waals surface area contributed by atoms with E-state index in [1.807, 2.05) is 56.5 Å². The van der Waals surface area contributed by atoms with Crippen LogP contribution in [0.25, 0.3) is 0 Å². The Morgan fingerprint density at radius 3 is 2.30 bits per heavy atom. The van der Waals surface area contributed by atoms with Crippen LogP contribution in [0, 0.1) is 17.8 Å². The summed E-state index contributed by atoms with van der Waals surface area (Å²) in [4.78, 5) is 36.8. The molecule has 2 aromatic rings. The Labute approximate surface area is 419 Å². The Hall–Kier alpha value is -2.89. The molecule has 5 rings (SSSR count). The second-order valence-electron chi connectivity index (χ2n) is 21.0. The predicted octanol–water partition coefficient (Wildman–Crippen LogP) is 4.58. The van der Waals surface area contributed by atoms with Crippen molar-refractivity contribution in [2.45, 2.75) is 205 Å². The normalized spacial score (nSPS) is 40.4. The lowest BCUT2D eigenvalue weighted by Gasteiger charge is -2.53. The van der Waals surface area contributed by atoms with Gasteiger partial charge in [-0.3, -0.25) is 9.69 Å². The number of esters is 1. The molecule has 0 radical (unpaired) electrons. The van der Waals surface area contributed by atoms with Crippen molar-refractivity contribution in [3.8, 4) is 0 Å². The second-order valence-corrected chi connectivity index (χ2v) is 21.9. The SMILES string of the molecule is CCCNC[C@]1(O)[C@H](C)O[C@@H](O[C@H]2[C@H](C)[C@@H](OC3OC(C)CC(N(Cc4nccs4)C(=O)N(C)c4ccccc4)C3O)[C@](C)(O)C[C@@H](C)CN[C@H](C)[C@@H](O)[C@](C)(O)[C@@H](CC)OC(=O)[C@@H]2C)C[C@@]1(C)OC. The summed E-state index contributed by atoms with van der Waals surface area (Å²) in [5.41, 5.74) is -5.63. The maximum absolute atomic E-state index is 14.6. The van der Waals surface area contributed by atoms with Gasteiger partial charge in [0.2, 0.25) is 0 Å². The number of carbonyl (C=O) groups is 2. The number of aliphatic hydroxyl groups is 5. The number of rotatable bonds is 14. The lowest BCUT2D eigenvalue weighted by atomic mass is 9.75. The Kier molecular flexibility index (Phi) is 20.2. The van der Waals surface area contributed by atoms with Crippen molar-refractivity contribution in [3.05, 3.63) is 46.9 Å². The lowest BCUT2D eigenvalue weighted by Crippen LogP contribution is -2.70. The number of amides is 2. The molecule has 0 aliphatic carbocycles. The van der Waals surface area contributed by atoms with Gasteiger partial charge in [0.15, 0.2) is 12.6 Å². The number of aromatic nitrogens is 1. The summed E-state index contributed by atoms with van der Waals surface area (Å²) in [6, 6.07) is 7.32. The largest absolute Gasteiger partial charge is 0.459 e. The van der Waals surface area contributed by atoms with Crippen LogP contribution in [0.4, 0.5) is 10.5 Å². The fraction of sp³-hybridized carbons (Fsp3) is 0.784. The predicted molar refractivity (Wildman–Crippen MR) is 266 cm³/mol. The molecular weight excluding hydrogens is 923 g/mol. The van der Waals surface area contributed by atoms with E-state index in [4.69, 9.17) is 28.4 Å². The summed E-state index contributed by atoms with van der Waals surface area (Å²) in [5, 5.41) is 70.1. The first-order chi connectivity index (χ1) is 32.8. The van der Waals surface area contributed by atoms with Gasteiger partial charge in [0.05, 0.1) is 48.5 Å². The maximum atomic E-state index is 14.6. The molecule has 0 spiro atoms. The van der Waals surface area contributed by atoms with Gasteiger partial charge < -0.3 is 69.5 Å². The van der Waals surface area contributed by atoms with Crippen LogP contribution in [0.3, 0.4) is 0 Å². The van der Waals surface area contributed by atoms with Gasteiger partial charge in [-0.15, -0.1) is 11.3 Å². The van der Waals surface area contributed by atoms with Gasteiger partial charge in [-0.25, -0.2) is 9.78 Å². The smallest absolute Gasteiger partial charge is 0.324 e. The molecule has 18 atom stereocenters. The van der Waals surface area contributed by atoms with Gasteiger partial charge in [-0.05, 0) is 105 Å². The first-order valence-corrected chi connectivity index (χ1v) is 26.1. The first kappa shape index (κ1) is 58.0. The van der Waals surface area contributed by atoms with E-state index in [9.17, 15) is 35.1 Å². The number of hydrogen-bond donors (Lipinski definition) is 7. The van der Waals surface area contributed by atoms with Gasteiger partial charge in [0.25, 0.3) is 0 Å². The molecule has 70 heavy (non-hydrogen) atoms. The van der Waals surface area contributed by atoms with E-state index in [1.165, 1.54) is 30.3 Å². The number of aliphatic hydroxyl groups excluding tert-OH is 2. The Morgan fingerprint density at radius 1 is 1.00 bits per heavy atom. The topological polar surface area (TPSA) is 234 Å². The van der Waals surface area contributed by atoms with E-state index in [2.05, 4.69) is 15.6 Å². The average Bonchev–Trinajstić information content (AvgIpc) is 3.85. The van der Waals surface area contributed by atoms with E-state index in [-0.39, 0.29) is 50.7 Å². The fourth-order valence-corrected chi connectivity index (χ4v) is 11.4. The van der Waals surface area contributed by atoms with Crippen LogP contribution in [0.15, 0.2) is 41.9 Å². The number of cyclic esters (lactones) is 1. The van der Waals surface area contributed by atoms with Gasteiger partial charge in [-0.2, -0.15) is 0 Å². The summed E-state index contributed by atoms with van der Waals surface area (Å²) in [6.45, 7) is 20.5. The maximum Gasteiger partial charge on any atom is 0.324 e. The third-order valence-electron chi connectivity index (χ3n) is 15.2. The van der Waals surface area contributed by atoms with Crippen LogP contribution in [-0.2, 0) is 39.8 Å². The van der Waals surface area contributed by atoms with Gasteiger partial charge in [0, 0.05) is 56.3 Å². The zero-order chi connectivity index (χ0) is 51.9. The van der Waals surface area contributed by atoms with E-state index in [0.717, 1.165) is 6.42 Å². The van der Waals surface area contributed by atoms with Gasteiger partial charge in [0.1, 0.15) is 40.1 Å². The first-order valence-electron chi connectivity index (χ1n) is 25.2. The molecule has 3 aliphatic heterocycles. The number of carbonyl (C=O) groups excluding carboxylic acids is 2. The minimum Gasteiger partial charge on any atom is -0.459 e. The summed E-state index contributed by atoms with van der Waals surface area (Å²) in [7, 11) is 3.19. The molecule has 0 bridgehead atoms. The van der Waals surface area contributed by atoms with Gasteiger partial charge >= 0.3 is 12.0 Å². The highest BCUT2D eigenvalue weighted by molar-refractivity contribution is 7.09. The number of nitrogens with zero attached hydrogens (tertiary/aromatic N) is 3. The highest BCUT2D eigenvalue weighted by Gasteiger charge is 2.58. The third-order valence-corrected chi connectivity index (χ3v) is 16.0. The number of ether oxygens (including phenoxy) is 6. The highest BCUT2D eigenvalue weighted by atomic mass is 32.1. The molecule has 2 amide bonds. The number of para-hydroxylation sites is 1. The van der Waals surface area contributed by atoms with Crippen LogP contribution in [0.2, 0.25) is 0 Å². The number of benzene rings is 1. The molecule has 1 aromatic heterocycles. The molecule has 4 heterocycles. The van der Waals surface area contributed by atoms with E-state index >= 15 is 0 Å². The zero-order valence-corrected chi connectivity index (χ0v) is 44.6. The molecule has 3 saturated heterocycles. The monoisotopic (exact) mass is 1010 g/mol. The van der Waals surface area contributed by atoms with E-state index < -0.39 is 108 Å². The number of urea groups is 1. The van der Waals surface area contributed by atoms with Crippen molar-refractivity contribution >= 4 is 29.0 Å². The van der Waals surface area contributed by atoms with E-state index in [1.54, 1.807) is 66.6 Å². The second kappa shape index (κ2) is 24.4. The van der Waals surface area contributed by atoms with Crippen molar-refractivity contribution in [3.63, 3.8) is 0 Å². The number of hydrogen-bond acceptors (Lipinski definition) is 17. The number of anilines is 1. The van der Waals surface area contributed by atoms with Crippen LogP contribution >= 0.6 is 11.3 Å². The minimum atomic E-state index is -1.87. The molecule has 3 fully saturated rings. The average molecular weight is 1010 g/mol. The fourth-order valence-electron chi connectivity index (χ4n) is 10.8. The van der Waals surface area contributed by atoms with E-state index in [0.29, 0.717) is 23.8 Å². The van der Waals surface area contributed by atoms with Crippen molar-refractivity contribution < 1.29 is 63.5 Å². The number of thiazole rings is 1. The quantitative estimate of drug-likeness (QED) is 0.101. The van der Waals surface area contributed by atoms with Crippen LogP contribution in [-0.4, -0.2) is 171 Å². The molecule has 398 valence electrons. The molecule has 19 heteroatoms. The minimum absolute atomic E-state index is 0.0359. The summed E-state index contributed by atoms with van der Waals surface area (Å²) >= 11 is 1.39. The van der Waals surface area contributed by atoms with Crippen molar-refractivity contribution in [2.75, 3.05) is 38.7 Å². The highest BCUT2D eigenvalue weighted by Crippen LogP contribution is 2.43. The molecule has 4 unspecified atom stereocenters. The van der Waals surface area contributed by atoms with Crippen LogP contribution in [0.1, 0.15) is 113 Å². The summed E-state index contributed by atoms with van der Waals surface area (Å²) in [6.07, 6.45) is -7.08. The number of nitrogens with one attached hydrogen (secondary N) is 2. The molecule has 3 aliphatic rings. The Balaban J connectivity index is 1.59. The van der Waals surface area contributed by atoms with Crippen molar-refractivity contribution in [1.29, 1.82) is 0 Å². The zero-order valence-electron chi connectivity index (χ0n) is 43.7. The van der Waals surface area contributed by atoms with Gasteiger partial charge in [-0.1, -0.05) is 45.9 Å². The molecular formula is C51H85N5O13S. The van der Waals surface area contributed by atoms with Crippen molar-refractivity contribution in [2.24, 2.45) is 17.8 Å². The Morgan fingerprint density at radius 2 is 1.69 bits per heavy atom. The van der Waals surface area contributed by atoms with Crippen molar-refractivity contribution in [1.82, 2.24) is 20.5 Å². The summed E-state index contributed by atoms with van der Waals surface area (Å²) in [5.74, 6) is -3.04. The van der Waals surface area contributed by atoms with Crippen LogP contribution in [0.5, 0.6) is 0 Å². The molecule has 1 aromatic carbocycles. The lowest BCUT2D eigenvalue weighted by molar-refractivity contribution is -0.336. The molecule has 0 saturated carbocycles. The standard InChI is InChI=1S/C51H85N5O13S/c1-14-21-52-29-51(63)35(8)66-40(26-49(51,10)64-13)68-42-32(5)44(48(9,61)25-30(3)27-54-34(7)43(58)50(11,62)38(15-2)67-45(59)33(42)6)69-46-41(57)37(24-31(4)65-46)56(28-39-53-22-23-70-39)47(60)55(12)36-19-17-16-18-20-36/h16-20,22-23,30-35,37-38,40-44,46,52,54,57-58,61-63H,14-15,21,24-29H2,1-13H3/t30-,31?,32+,33-,34-,35+,37?,38-,40+,41?,42+,43-,44-,46?,48-,49-,50-,51+/m1/s1. The number of methoxy groups -OCH3 is 1. The Bertz CT molecular complexity index is 1940. The molecule has 18 nitrogen and oxygen atoms in total. The molecule has 7 N–H and O–H groups in total.